The Morgan fingerprint density at radius 1 is 1.06 bits per heavy atom. The van der Waals surface area contributed by atoms with E-state index in [4.69, 9.17) is 10.5 Å². The molecule has 18 heavy (non-hydrogen) atoms. The number of nitrogens with zero attached hydrogens (tertiary/aromatic N) is 1. The Morgan fingerprint density at radius 2 is 1.89 bits per heavy atom. The lowest BCUT2D eigenvalue weighted by molar-refractivity contribution is 0.310. The maximum Gasteiger partial charge on any atom is 0.119 e. The van der Waals surface area contributed by atoms with E-state index < -0.39 is 0 Å². The minimum atomic E-state index is 0.550. The zero-order valence-electron chi connectivity index (χ0n) is 10.4. The van der Waals surface area contributed by atoms with Crippen LogP contribution in [0, 0.1) is 0 Å². The first kappa shape index (κ1) is 12.6. The second kappa shape index (κ2) is 6.77. The molecule has 1 aromatic carbocycles. The van der Waals surface area contributed by atoms with E-state index in [2.05, 4.69) is 4.98 Å². The van der Waals surface area contributed by atoms with E-state index >= 15 is 0 Å². The third kappa shape index (κ3) is 3.86. The molecule has 0 atom stereocenters. The lowest BCUT2D eigenvalue weighted by Crippen LogP contribution is -2.01. The van der Waals surface area contributed by atoms with Crippen LogP contribution in [-0.2, 0) is 13.0 Å². The molecule has 0 amide bonds. The fourth-order valence-electron chi connectivity index (χ4n) is 1.78. The molecule has 2 aromatic rings. The van der Waals surface area contributed by atoms with Crippen molar-refractivity contribution in [1.82, 2.24) is 4.98 Å². The number of hydrogen-bond donors (Lipinski definition) is 1. The first-order valence-corrected chi connectivity index (χ1v) is 6.19. The van der Waals surface area contributed by atoms with Gasteiger partial charge < -0.3 is 10.5 Å². The van der Waals surface area contributed by atoms with Gasteiger partial charge in [-0.15, -0.1) is 0 Å². The van der Waals surface area contributed by atoms with Crippen LogP contribution in [0.5, 0.6) is 5.75 Å². The summed E-state index contributed by atoms with van der Waals surface area (Å²) in [4.78, 5) is 4.00. The number of rotatable bonds is 6. The summed E-state index contributed by atoms with van der Waals surface area (Å²) in [7, 11) is 0. The van der Waals surface area contributed by atoms with Crippen molar-refractivity contribution in [2.45, 2.75) is 19.4 Å². The van der Waals surface area contributed by atoms with Gasteiger partial charge in [0.1, 0.15) is 5.75 Å². The van der Waals surface area contributed by atoms with Crippen LogP contribution in [0.25, 0.3) is 0 Å². The van der Waals surface area contributed by atoms with E-state index in [9.17, 15) is 0 Å². The molecule has 3 nitrogen and oxygen atoms in total. The molecule has 0 radical (unpaired) electrons. The predicted molar refractivity (Wildman–Crippen MR) is 72.4 cm³/mol. The van der Waals surface area contributed by atoms with E-state index in [1.807, 2.05) is 48.8 Å². The standard InChI is InChI=1S/C15H18N2O/c16-12-14-3-1-5-15(11-14)18-10-2-4-13-6-8-17-9-7-13/h1,3,5-9,11H,2,4,10,12,16H2. The average Bonchev–Trinajstić information content (AvgIpc) is 2.45. The van der Waals surface area contributed by atoms with Crippen molar-refractivity contribution >= 4 is 0 Å². The summed E-state index contributed by atoms with van der Waals surface area (Å²) < 4.78 is 5.70. The topological polar surface area (TPSA) is 48.1 Å². The number of hydrogen-bond acceptors (Lipinski definition) is 3. The summed E-state index contributed by atoms with van der Waals surface area (Å²) >= 11 is 0. The van der Waals surface area contributed by atoms with Crippen LogP contribution in [0.15, 0.2) is 48.8 Å². The second-order valence-electron chi connectivity index (χ2n) is 4.16. The van der Waals surface area contributed by atoms with Crippen LogP contribution in [0.3, 0.4) is 0 Å². The van der Waals surface area contributed by atoms with Gasteiger partial charge in [0.25, 0.3) is 0 Å². The van der Waals surface area contributed by atoms with Crippen LogP contribution >= 0.6 is 0 Å². The zero-order valence-corrected chi connectivity index (χ0v) is 10.4. The first-order valence-electron chi connectivity index (χ1n) is 6.19. The zero-order chi connectivity index (χ0) is 12.6. The average molecular weight is 242 g/mol. The summed E-state index contributed by atoms with van der Waals surface area (Å²) in [5.74, 6) is 0.896. The van der Waals surface area contributed by atoms with Gasteiger partial charge in [-0.1, -0.05) is 12.1 Å². The van der Waals surface area contributed by atoms with Crippen LogP contribution in [-0.4, -0.2) is 11.6 Å². The number of nitrogens with two attached hydrogens (primary N) is 1. The van der Waals surface area contributed by atoms with Gasteiger partial charge in [0.2, 0.25) is 0 Å². The highest BCUT2D eigenvalue weighted by atomic mass is 16.5. The minimum Gasteiger partial charge on any atom is -0.494 e. The number of benzene rings is 1. The Kier molecular flexibility index (Phi) is 4.73. The Hall–Kier alpha value is -1.87. The first-order chi connectivity index (χ1) is 8.88. The monoisotopic (exact) mass is 242 g/mol. The third-order valence-electron chi connectivity index (χ3n) is 2.76. The highest BCUT2D eigenvalue weighted by Crippen LogP contribution is 2.13. The fourth-order valence-corrected chi connectivity index (χ4v) is 1.78. The van der Waals surface area contributed by atoms with Gasteiger partial charge in [-0.3, -0.25) is 4.98 Å². The Bertz CT molecular complexity index is 471. The van der Waals surface area contributed by atoms with E-state index in [0.29, 0.717) is 6.54 Å². The van der Waals surface area contributed by atoms with E-state index in [0.717, 1.165) is 30.8 Å². The molecule has 0 saturated heterocycles. The maximum atomic E-state index is 5.70. The molecule has 1 aromatic heterocycles. The minimum absolute atomic E-state index is 0.550. The molecular formula is C15H18N2O. The molecule has 94 valence electrons. The van der Waals surface area contributed by atoms with Gasteiger partial charge in [-0.25, -0.2) is 0 Å². The predicted octanol–water partition coefficient (Wildman–Crippen LogP) is 2.55. The molecular weight excluding hydrogens is 224 g/mol. The van der Waals surface area contributed by atoms with Crippen LogP contribution in [0.1, 0.15) is 17.5 Å². The highest BCUT2D eigenvalue weighted by Gasteiger charge is 1.96. The lowest BCUT2D eigenvalue weighted by Gasteiger charge is -2.07. The van der Waals surface area contributed by atoms with E-state index in [-0.39, 0.29) is 0 Å². The van der Waals surface area contributed by atoms with Crippen molar-refractivity contribution < 1.29 is 4.74 Å². The van der Waals surface area contributed by atoms with Gasteiger partial charge in [0.05, 0.1) is 6.61 Å². The van der Waals surface area contributed by atoms with Crippen LogP contribution in [0.2, 0.25) is 0 Å². The Morgan fingerprint density at radius 3 is 2.67 bits per heavy atom. The summed E-state index contributed by atoms with van der Waals surface area (Å²) in [6.07, 6.45) is 5.65. The number of aromatic nitrogens is 1. The molecule has 0 saturated carbocycles. The van der Waals surface area contributed by atoms with Gasteiger partial charge >= 0.3 is 0 Å². The van der Waals surface area contributed by atoms with Gasteiger partial charge in [0.15, 0.2) is 0 Å². The van der Waals surface area contributed by atoms with Crippen molar-refractivity contribution in [2.24, 2.45) is 5.73 Å². The molecule has 2 rings (SSSR count). The van der Waals surface area contributed by atoms with E-state index in [1.54, 1.807) is 0 Å². The van der Waals surface area contributed by atoms with Crippen molar-refractivity contribution in [3.8, 4) is 5.75 Å². The summed E-state index contributed by atoms with van der Waals surface area (Å²) in [6.45, 7) is 1.27. The Balaban J connectivity index is 1.75. The van der Waals surface area contributed by atoms with Crippen LogP contribution in [0.4, 0.5) is 0 Å². The quantitative estimate of drug-likeness (QED) is 0.792. The molecule has 0 fully saturated rings. The van der Waals surface area contributed by atoms with Gasteiger partial charge in [-0.05, 0) is 48.2 Å². The lowest BCUT2D eigenvalue weighted by atomic mass is 10.1. The van der Waals surface area contributed by atoms with Crippen molar-refractivity contribution in [1.29, 1.82) is 0 Å². The molecule has 3 heteroatoms. The summed E-state index contributed by atoms with van der Waals surface area (Å²) in [5, 5.41) is 0. The smallest absolute Gasteiger partial charge is 0.119 e. The highest BCUT2D eigenvalue weighted by molar-refractivity contribution is 5.28. The number of aryl methyl sites for hydroxylation is 1. The molecule has 2 N–H and O–H groups in total. The molecule has 0 bridgehead atoms. The summed E-state index contributed by atoms with van der Waals surface area (Å²) in [5.41, 5.74) is 7.98. The molecule has 0 unspecified atom stereocenters. The SMILES string of the molecule is NCc1cccc(OCCCc2ccncc2)c1. The largest absolute Gasteiger partial charge is 0.494 e. The molecule has 0 aliphatic heterocycles. The molecule has 1 heterocycles. The third-order valence-corrected chi connectivity index (χ3v) is 2.76. The Labute approximate surface area is 108 Å². The van der Waals surface area contributed by atoms with Gasteiger partial charge in [0, 0.05) is 18.9 Å². The fraction of sp³-hybridized carbons (Fsp3) is 0.267. The van der Waals surface area contributed by atoms with Crippen molar-refractivity contribution in [3.05, 3.63) is 59.9 Å². The van der Waals surface area contributed by atoms with E-state index in [1.165, 1.54) is 5.56 Å². The normalized spacial score (nSPS) is 10.3. The van der Waals surface area contributed by atoms with Crippen molar-refractivity contribution in [2.75, 3.05) is 6.61 Å². The van der Waals surface area contributed by atoms with Crippen molar-refractivity contribution in [3.63, 3.8) is 0 Å². The molecule has 0 aliphatic carbocycles. The van der Waals surface area contributed by atoms with Gasteiger partial charge in [-0.2, -0.15) is 0 Å². The van der Waals surface area contributed by atoms with Crippen LogP contribution < -0.4 is 10.5 Å². The number of ether oxygens (including phenoxy) is 1. The second-order valence-corrected chi connectivity index (χ2v) is 4.16. The molecule has 0 aliphatic rings. The maximum absolute atomic E-state index is 5.70. The molecule has 0 spiro atoms. The number of pyridine rings is 1. The summed E-state index contributed by atoms with van der Waals surface area (Å²) in [6, 6.07) is 12.0.